The van der Waals surface area contributed by atoms with E-state index >= 15 is 0 Å². The number of nitrogens with one attached hydrogen (secondary N) is 2. The van der Waals surface area contributed by atoms with Gasteiger partial charge in [0.05, 0.1) is 12.2 Å². The Kier molecular flexibility index (Phi) is 8.28. The van der Waals surface area contributed by atoms with Crippen LogP contribution in [0.2, 0.25) is 0 Å². The zero-order valence-corrected chi connectivity index (χ0v) is 22.4. The number of thiophene rings is 1. The van der Waals surface area contributed by atoms with Crippen LogP contribution in [0.15, 0.2) is 42.5 Å². The number of benzene rings is 2. The van der Waals surface area contributed by atoms with Gasteiger partial charge < -0.3 is 20.1 Å². The molecule has 1 aromatic heterocycles. The highest BCUT2D eigenvalue weighted by molar-refractivity contribution is 7.17. The first-order valence-corrected chi connectivity index (χ1v) is 13.4. The van der Waals surface area contributed by atoms with Crippen LogP contribution >= 0.6 is 11.3 Å². The average Bonchev–Trinajstić information content (AvgIpc) is 3.25. The monoisotopic (exact) mass is 520 g/mol. The molecular formula is C29H32N2O5S. The summed E-state index contributed by atoms with van der Waals surface area (Å²) < 4.78 is 11.1. The number of hydrogen-bond acceptors (Lipinski definition) is 6. The van der Waals surface area contributed by atoms with Crippen molar-refractivity contribution in [2.45, 2.75) is 59.5 Å². The van der Waals surface area contributed by atoms with Crippen molar-refractivity contribution in [3.05, 3.63) is 75.2 Å². The highest BCUT2D eigenvalue weighted by Gasteiger charge is 2.27. The normalized spacial score (nSPS) is 13.3. The van der Waals surface area contributed by atoms with E-state index in [0.717, 1.165) is 52.9 Å². The number of carbonyl (C=O) groups is 3. The lowest BCUT2D eigenvalue weighted by molar-refractivity contribution is -0.122. The van der Waals surface area contributed by atoms with E-state index < -0.39 is 12.1 Å². The lowest BCUT2D eigenvalue weighted by atomic mass is 9.95. The summed E-state index contributed by atoms with van der Waals surface area (Å²) in [4.78, 5) is 39.4. The Balaban J connectivity index is 1.42. The second kappa shape index (κ2) is 11.6. The van der Waals surface area contributed by atoms with Gasteiger partial charge in [-0.05, 0) is 100 Å². The largest absolute Gasteiger partial charge is 0.481 e. The number of esters is 1. The molecule has 2 aromatic carbocycles. The van der Waals surface area contributed by atoms with Crippen LogP contribution in [0.4, 0.5) is 10.7 Å². The molecule has 8 heteroatoms. The Morgan fingerprint density at radius 2 is 1.73 bits per heavy atom. The van der Waals surface area contributed by atoms with Crippen LogP contribution in [0.5, 0.6) is 5.75 Å². The Hall–Kier alpha value is -3.65. The highest BCUT2D eigenvalue weighted by Crippen LogP contribution is 2.39. The molecule has 1 aliphatic carbocycles. The molecule has 0 saturated carbocycles. The van der Waals surface area contributed by atoms with Gasteiger partial charge in [-0.15, -0.1) is 11.3 Å². The summed E-state index contributed by atoms with van der Waals surface area (Å²) in [5.41, 5.74) is 4.76. The van der Waals surface area contributed by atoms with Gasteiger partial charge >= 0.3 is 5.97 Å². The number of fused-ring (bicyclic) bond motifs is 1. The molecule has 0 aliphatic heterocycles. The third kappa shape index (κ3) is 6.02. The smallest absolute Gasteiger partial charge is 0.341 e. The first kappa shape index (κ1) is 26.4. The van der Waals surface area contributed by atoms with Gasteiger partial charge in [0.25, 0.3) is 11.8 Å². The summed E-state index contributed by atoms with van der Waals surface area (Å²) in [6.07, 6.45) is 3.09. The molecule has 37 heavy (non-hydrogen) atoms. The minimum atomic E-state index is -0.732. The Bertz CT molecular complexity index is 1310. The zero-order chi connectivity index (χ0) is 26.5. The molecule has 0 bridgehead atoms. The van der Waals surface area contributed by atoms with Crippen molar-refractivity contribution >= 4 is 39.8 Å². The van der Waals surface area contributed by atoms with Gasteiger partial charge in [-0.3, -0.25) is 9.59 Å². The van der Waals surface area contributed by atoms with Crippen molar-refractivity contribution in [1.29, 1.82) is 0 Å². The van der Waals surface area contributed by atoms with Crippen LogP contribution in [-0.2, 0) is 22.4 Å². The second-order valence-electron chi connectivity index (χ2n) is 9.11. The molecular weight excluding hydrogens is 488 g/mol. The van der Waals surface area contributed by atoms with Crippen LogP contribution in [0.25, 0.3) is 0 Å². The van der Waals surface area contributed by atoms with E-state index in [2.05, 4.69) is 10.6 Å². The second-order valence-corrected chi connectivity index (χ2v) is 10.2. The lowest BCUT2D eigenvalue weighted by Crippen LogP contribution is -2.30. The molecule has 2 amide bonds. The fourth-order valence-electron chi connectivity index (χ4n) is 4.31. The van der Waals surface area contributed by atoms with Gasteiger partial charge in [-0.2, -0.15) is 0 Å². The first-order valence-electron chi connectivity index (χ1n) is 12.5. The van der Waals surface area contributed by atoms with Crippen LogP contribution < -0.4 is 15.4 Å². The van der Waals surface area contributed by atoms with Gasteiger partial charge in [0.2, 0.25) is 0 Å². The van der Waals surface area contributed by atoms with Gasteiger partial charge in [-0.25, -0.2) is 4.79 Å². The lowest BCUT2D eigenvalue weighted by Gasteiger charge is -2.16. The fraction of sp³-hybridized carbons (Fsp3) is 0.345. The van der Waals surface area contributed by atoms with Gasteiger partial charge in [-0.1, -0.05) is 12.1 Å². The topological polar surface area (TPSA) is 93.7 Å². The van der Waals surface area contributed by atoms with Crippen LogP contribution in [0, 0.1) is 13.8 Å². The Labute approximate surface area is 221 Å². The minimum absolute atomic E-state index is 0.260. The number of amides is 2. The van der Waals surface area contributed by atoms with E-state index in [9.17, 15) is 14.4 Å². The molecule has 1 atom stereocenters. The zero-order valence-electron chi connectivity index (χ0n) is 21.6. The predicted molar refractivity (Wildman–Crippen MR) is 146 cm³/mol. The fourth-order valence-corrected chi connectivity index (χ4v) is 5.58. The molecule has 1 aliphatic rings. The van der Waals surface area contributed by atoms with Gasteiger partial charge in [0.15, 0.2) is 6.10 Å². The van der Waals surface area contributed by atoms with Crippen LogP contribution in [0.1, 0.15) is 69.0 Å². The molecule has 0 fully saturated rings. The number of aryl methyl sites for hydroxylation is 2. The van der Waals surface area contributed by atoms with Crippen molar-refractivity contribution in [1.82, 2.24) is 0 Å². The van der Waals surface area contributed by atoms with Crippen molar-refractivity contribution in [3.63, 3.8) is 0 Å². The molecule has 7 nitrogen and oxygen atoms in total. The standard InChI is InChI=1S/C29H32N2O5S/c1-5-35-29(34)25-22-10-6-7-12-24(22)37-28(25)31-27(33)20-13-15-21(16-14-20)36-19(4)26(32)30-23-11-8-9-17(2)18(23)3/h8-9,11,13-16,19H,5-7,10,12H2,1-4H3,(H,30,32)(H,31,33). The maximum absolute atomic E-state index is 13.0. The average molecular weight is 521 g/mol. The van der Waals surface area contributed by atoms with Crippen LogP contribution in [0.3, 0.4) is 0 Å². The van der Waals surface area contributed by atoms with Crippen molar-refractivity contribution in [2.24, 2.45) is 0 Å². The van der Waals surface area contributed by atoms with E-state index in [-0.39, 0.29) is 18.4 Å². The van der Waals surface area contributed by atoms with E-state index in [0.29, 0.717) is 21.9 Å². The molecule has 1 heterocycles. The third-order valence-electron chi connectivity index (χ3n) is 6.54. The van der Waals surface area contributed by atoms with E-state index in [1.54, 1.807) is 38.1 Å². The van der Waals surface area contributed by atoms with E-state index in [4.69, 9.17) is 9.47 Å². The number of rotatable bonds is 8. The summed E-state index contributed by atoms with van der Waals surface area (Å²) in [6.45, 7) is 7.68. The third-order valence-corrected chi connectivity index (χ3v) is 7.75. The molecule has 194 valence electrons. The van der Waals surface area contributed by atoms with Gasteiger partial charge in [0.1, 0.15) is 10.8 Å². The summed E-state index contributed by atoms with van der Waals surface area (Å²) in [5, 5.41) is 6.35. The summed E-state index contributed by atoms with van der Waals surface area (Å²) in [7, 11) is 0. The Morgan fingerprint density at radius 3 is 2.46 bits per heavy atom. The molecule has 1 unspecified atom stereocenters. The number of hydrogen-bond donors (Lipinski definition) is 2. The molecule has 2 N–H and O–H groups in total. The summed E-state index contributed by atoms with van der Waals surface area (Å²) in [6, 6.07) is 12.3. The predicted octanol–water partition coefficient (Wildman–Crippen LogP) is 6.08. The maximum atomic E-state index is 13.0. The van der Waals surface area contributed by atoms with Crippen molar-refractivity contribution in [2.75, 3.05) is 17.2 Å². The summed E-state index contributed by atoms with van der Waals surface area (Å²) in [5.74, 6) is -0.506. The van der Waals surface area contributed by atoms with Crippen LogP contribution in [-0.4, -0.2) is 30.5 Å². The minimum Gasteiger partial charge on any atom is -0.481 e. The van der Waals surface area contributed by atoms with E-state index in [1.165, 1.54) is 11.3 Å². The highest BCUT2D eigenvalue weighted by atomic mass is 32.1. The Morgan fingerprint density at radius 1 is 1.00 bits per heavy atom. The van der Waals surface area contributed by atoms with Crippen molar-refractivity contribution < 1.29 is 23.9 Å². The van der Waals surface area contributed by atoms with E-state index in [1.807, 2.05) is 32.0 Å². The molecule has 3 aromatic rings. The molecule has 4 rings (SSSR count). The molecule has 0 saturated heterocycles. The quantitative estimate of drug-likeness (QED) is 0.351. The number of ether oxygens (including phenoxy) is 2. The number of anilines is 2. The maximum Gasteiger partial charge on any atom is 0.341 e. The van der Waals surface area contributed by atoms with Gasteiger partial charge in [0, 0.05) is 16.1 Å². The number of carbonyl (C=O) groups excluding carboxylic acids is 3. The van der Waals surface area contributed by atoms with Crippen molar-refractivity contribution in [3.8, 4) is 5.75 Å². The SMILES string of the molecule is CCOC(=O)c1c(NC(=O)c2ccc(OC(C)C(=O)Nc3cccc(C)c3C)cc2)sc2c1CCCC2. The molecule has 0 spiro atoms. The first-order chi connectivity index (χ1) is 17.8. The molecule has 0 radical (unpaired) electrons. The summed E-state index contributed by atoms with van der Waals surface area (Å²) >= 11 is 1.45.